The van der Waals surface area contributed by atoms with Crippen molar-refractivity contribution in [3.63, 3.8) is 0 Å². The number of aromatic nitrogens is 1. The molecular formula is C17H13ClIN3O2. The van der Waals surface area contributed by atoms with Gasteiger partial charge in [0.2, 0.25) is 5.91 Å². The molecule has 0 spiro atoms. The molecule has 0 saturated heterocycles. The zero-order valence-corrected chi connectivity index (χ0v) is 15.3. The summed E-state index contributed by atoms with van der Waals surface area (Å²) in [4.78, 5) is 27.3. The van der Waals surface area contributed by atoms with Gasteiger partial charge in [-0.25, -0.2) is 0 Å². The standard InChI is InChI=1S/C17H13ClIN3O2/c18-11-5-6-13(14(19)8-11)17(24)22-21-16(23)7-10-9-20-15-4-2-1-3-12(10)15/h1-6,8-9,20H,7H2,(H,21,23)(H,22,24). The highest BCUT2D eigenvalue weighted by Gasteiger charge is 2.12. The third kappa shape index (κ3) is 3.70. The number of halogens is 2. The Morgan fingerprint density at radius 2 is 1.92 bits per heavy atom. The van der Waals surface area contributed by atoms with Crippen molar-refractivity contribution in [2.24, 2.45) is 0 Å². The van der Waals surface area contributed by atoms with Crippen molar-refractivity contribution >= 4 is 56.9 Å². The third-order valence-corrected chi connectivity index (χ3v) is 4.64. The molecule has 3 N–H and O–H groups in total. The van der Waals surface area contributed by atoms with Crippen molar-refractivity contribution in [3.8, 4) is 0 Å². The number of hydrazine groups is 1. The summed E-state index contributed by atoms with van der Waals surface area (Å²) < 4.78 is 0.712. The number of hydrogen-bond donors (Lipinski definition) is 3. The second-order valence-corrected chi connectivity index (χ2v) is 6.76. The molecule has 0 saturated carbocycles. The van der Waals surface area contributed by atoms with Crippen LogP contribution < -0.4 is 10.9 Å². The Morgan fingerprint density at radius 1 is 1.12 bits per heavy atom. The lowest BCUT2D eigenvalue weighted by Crippen LogP contribution is -2.42. The molecule has 7 heteroatoms. The van der Waals surface area contributed by atoms with E-state index >= 15 is 0 Å². The predicted octanol–water partition coefficient (Wildman–Crippen LogP) is 3.43. The Balaban J connectivity index is 1.62. The lowest BCUT2D eigenvalue weighted by Gasteiger charge is -2.08. The molecule has 0 fully saturated rings. The zero-order chi connectivity index (χ0) is 17.1. The van der Waals surface area contributed by atoms with Gasteiger partial charge in [0.1, 0.15) is 0 Å². The van der Waals surface area contributed by atoms with Gasteiger partial charge >= 0.3 is 0 Å². The molecule has 0 bridgehead atoms. The van der Waals surface area contributed by atoms with Crippen molar-refractivity contribution in [2.75, 3.05) is 0 Å². The number of aromatic amines is 1. The van der Waals surface area contributed by atoms with Gasteiger partial charge in [0.05, 0.1) is 12.0 Å². The lowest BCUT2D eigenvalue weighted by atomic mass is 10.1. The topological polar surface area (TPSA) is 74.0 Å². The summed E-state index contributed by atoms with van der Waals surface area (Å²) in [6.45, 7) is 0. The zero-order valence-electron chi connectivity index (χ0n) is 12.4. The molecule has 0 atom stereocenters. The minimum Gasteiger partial charge on any atom is -0.361 e. The second-order valence-electron chi connectivity index (χ2n) is 5.16. The first-order valence-corrected chi connectivity index (χ1v) is 8.59. The number of hydrogen-bond acceptors (Lipinski definition) is 2. The Labute approximate surface area is 156 Å². The fourth-order valence-electron chi connectivity index (χ4n) is 2.36. The van der Waals surface area contributed by atoms with Crippen LogP contribution in [-0.4, -0.2) is 16.8 Å². The van der Waals surface area contributed by atoms with Crippen LogP contribution in [-0.2, 0) is 11.2 Å². The highest BCUT2D eigenvalue weighted by Crippen LogP contribution is 2.19. The van der Waals surface area contributed by atoms with Gasteiger partial charge in [-0.2, -0.15) is 0 Å². The SMILES string of the molecule is O=C(Cc1c[nH]c2ccccc12)NNC(=O)c1ccc(Cl)cc1I. The smallest absolute Gasteiger partial charge is 0.270 e. The molecule has 2 amide bonds. The van der Waals surface area contributed by atoms with E-state index in [1.807, 2.05) is 46.9 Å². The number of rotatable bonds is 3. The molecular weight excluding hydrogens is 441 g/mol. The Morgan fingerprint density at radius 3 is 2.71 bits per heavy atom. The van der Waals surface area contributed by atoms with Gasteiger partial charge in [-0.15, -0.1) is 0 Å². The van der Waals surface area contributed by atoms with E-state index in [-0.39, 0.29) is 18.2 Å². The van der Waals surface area contributed by atoms with E-state index in [9.17, 15) is 9.59 Å². The van der Waals surface area contributed by atoms with Crippen molar-refractivity contribution < 1.29 is 9.59 Å². The van der Waals surface area contributed by atoms with Crippen molar-refractivity contribution in [1.82, 2.24) is 15.8 Å². The van der Waals surface area contributed by atoms with Gasteiger partial charge in [0.15, 0.2) is 0 Å². The molecule has 3 rings (SSSR count). The van der Waals surface area contributed by atoms with Crippen molar-refractivity contribution in [2.45, 2.75) is 6.42 Å². The number of carbonyl (C=O) groups is 2. The van der Waals surface area contributed by atoms with Crippen LogP contribution in [0.1, 0.15) is 15.9 Å². The van der Waals surface area contributed by atoms with Crippen LogP contribution in [0.5, 0.6) is 0 Å². The van der Waals surface area contributed by atoms with Gasteiger partial charge in [0.25, 0.3) is 5.91 Å². The van der Waals surface area contributed by atoms with Crippen LogP contribution >= 0.6 is 34.2 Å². The van der Waals surface area contributed by atoms with Crippen LogP contribution in [0, 0.1) is 3.57 Å². The van der Waals surface area contributed by atoms with Crippen LogP contribution in [0.2, 0.25) is 5.02 Å². The molecule has 5 nitrogen and oxygen atoms in total. The third-order valence-electron chi connectivity index (χ3n) is 3.52. The highest BCUT2D eigenvalue weighted by molar-refractivity contribution is 14.1. The monoisotopic (exact) mass is 453 g/mol. The van der Waals surface area contributed by atoms with Crippen molar-refractivity contribution in [3.05, 3.63) is 68.4 Å². The van der Waals surface area contributed by atoms with E-state index < -0.39 is 0 Å². The first-order valence-electron chi connectivity index (χ1n) is 7.14. The summed E-state index contributed by atoms with van der Waals surface area (Å²) in [5.41, 5.74) is 7.16. The van der Waals surface area contributed by atoms with E-state index in [0.717, 1.165) is 16.5 Å². The first-order chi connectivity index (χ1) is 11.5. The highest BCUT2D eigenvalue weighted by atomic mass is 127. The van der Waals surface area contributed by atoms with Gasteiger partial charge < -0.3 is 4.98 Å². The number of H-pyrrole nitrogens is 1. The molecule has 0 unspecified atom stereocenters. The van der Waals surface area contributed by atoms with Crippen LogP contribution in [0.25, 0.3) is 10.9 Å². The van der Waals surface area contributed by atoms with Crippen molar-refractivity contribution in [1.29, 1.82) is 0 Å². The largest absolute Gasteiger partial charge is 0.361 e. The first kappa shape index (κ1) is 16.8. The van der Waals surface area contributed by atoms with E-state index in [4.69, 9.17) is 11.6 Å². The number of fused-ring (bicyclic) bond motifs is 1. The molecule has 0 aliphatic rings. The van der Waals surface area contributed by atoms with Gasteiger partial charge in [0, 0.05) is 25.7 Å². The maximum absolute atomic E-state index is 12.1. The maximum atomic E-state index is 12.1. The Hall–Kier alpha value is -2.06. The number of amides is 2. The summed E-state index contributed by atoms with van der Waals surface area (Å²) in [6.07, 6.45) is 1.97. The van der Waals surface area contributed by atoms with Gasteiger partial charge in [-0.3, -0.25) is 20.4 Å². The second kappa shape index (κ2) is 7.23. The molecule has 1 heterocycles. The minimum atomic E-state index is -0.386. The average molecular weight is 454 g/mol. The maximum Gasteiger partial charge on any atom is 0.270 e. The fourth-order valence-corrected chi connectivity index (χ4v) is 3.48. The molecule has 0 aliphatic carbocycles. The number of benzene rings is 2. The predicted molar refractivity (Wildman–Crippen MR) is 102 cm³/mol. The molecule has 1 aromatic heterocycles. The minimum absolute atomic E-state index is 0.169. The van der Waals surface area contributed by atoms with Gasteiger partial charge in [-0.05, 0) is 52.4 Å². The summed E-state index contributed by atoms with van der Waals surface area (Å²) >= 11 is 7.89. The lowest BCUT2D eigenvalue weighted by molar-refractivity contribution is -0.121. The van der Waals surface area contributed by atoms with Crippen LogP contribution in [0.15, 0.2) is 48.7 Å². The average Bonchev–Trinajstić information content (AvgIpc) is 2.96. The number of para-hydroxylation sites is 1. The molecule has 3 aromatic rings. The summed E-state index contributed by atoms with van der Waals surface area (Å²) in [7, 11) is 0. The number of carbonyl (C=O) groups excluding carboxylic acids is 2. The quantitative estimate of drug-likeness (QED) is 0.420. The molecule has 0 aliphatic heterocycles. The Kier molecular flexibility index (Phi) is 5.06. The van der Waals surface area contributed by atoms with E-state index in [1.165, 1.54) is 0 Å². The summed E-state index contributed by atoms with van der Waals surface area (Å²) in [5.74, 6) is -0.680. The van der Waals surface area contributed by atoms with Gasteiger partial charge in [-0.1, -0.05) is 29.8 Å². The molecule has 122 valence electrons. The Bertz CT molecular complexity index is 923. The van der Waals surface area contributed by atoms with E-state index in [2.05, 4.69) is 15.8 Å². The molecule has 24 heavy (non-hydrogen) atoms. The van der Waals surface area contributed by atoms with E-state index in [0.29, 0.717) is 14.2 Å². The normalized spacial score (nSPS) is 10.6. The molecule has 2 aromatic carbocycles. The number of nitrogens with one attached hydrogen (secondary N) is 3. The molecule has 0 radical (unpaired) electrons. The fraction of sp³-hybridized carbons (Fsp3) is 0.0588. The van der Waals surface area contributed by atoms with Crippen LogP contribution in [0.3, 0.4) is 0 Å². The summed E-state index contributed by atoms with van der Waals surface area (Å²) in [5, 5.41) is 1.55. The van der Waals surface area contributed by atoms with E-state index in [1.54, 1.807) is 24.4 Å². The van der Waals surface area contributed by atoms with Crippen LogP contribution in [0.4, 0.5) is 0 Å². The summed E-state index contributed by atoms with van der Waals surface area (Å²) in [6, 6.07) is 12.7.